The van der Waals surface area contributed by atoms with Crippen LogP contribution in [0.5, 0.6) is 0 Å². The molecule has 45 heavy (non-hydrogen) atoms. The van der Waals surface area contributed by atoms with Crippen LogP contribution >= 0.6 is 0 Å². The Morgan fingerprint density at radius 3 is 1.60 bits per heavy atom. The van der Waals surface area contributed by atoms with E-state index in [1.54, 1.807) is 11.1 Å². The number of para-hydroxylation sites is 3. The van der Waals surface area contributed by atoms with Crippen LogP contribution < -0.4 is 87.9 Å². The summed E-state index contributed by atoms with van der Waals surface area (Å²) in [6.07, 6.45) is 4.57. The summed E-state index contributed by atoms with van der Waals surface area (Å²) in [5.74, 6) is 0. The normalized spacial score (nSPS) is 35.8. The summed E-state index contributed by atoms with van der Waals surface area (Å²) >= 11 is 0. The molecule has 6 aliphatic rings. The molecule has 0 radical (unpaired) electrons. The lowest BCUT2D eigenvalue weighted by Crippen LogP contribution is -3.00. The quantitative estimate of drug-likeness (QED) is 0.181. The Hall–Kier alpha value is -0.870. The van der Waals surface area contributed by atoms with Gasteiger partial charge < -0.3 is 101 Å². The number of anilines is 3. The number of rotatable bonds is 2. The summed E-state index contributed by atoms with van der Waals surface area (Å²) in [7, 11) is 14.7. The molecule has 3 aromatic carbocycles. The minimum atomic E-state index is -0.0523. The Morgan fingerprint density at radius 2 is 0.933 bits per heavy atom. The van der Waals surface area contributed by atoms with Gasteiger partial charge in [-0.05, 0) is 34.4 Å². The van der Waals surface area contributed by atoms with Crippen LogP contribution in [-0.4, -0.2) is 93.9 Å². The van der Waals surface area contributed by atoms with E-state index in [4.69, 9.17) is 0 Å². The SMILES string of the molecule is C[N+]1(C)CC[C@@]2([C@]34CC[N+](C)(C)[C@H]3Nc3c([C@]56CC[N+](C)(C)[C@H]5Nc5ccccc56)cccc34)c3ccccc3N[C@H]21.[I-].[I-].[I-]. The molecule has 9 rings (SSSR count). The van der Waals surface area contributed by atoms with Gasteiger partial charge in [-0.1, -0.05) is 54.6 Å². The number of nitrogens with one attached hydrogen (secondary N) is 3. The topological polar surface area (TPSA) is 36.1 Å². The smallest absolute Gasteiger partial charge is 0.176 e. The summed E-state index contributed by atoms with van der Waals surface area (Å²) in [6.45, 7) is 3.55. The Bertz CT molecular complexity index is 1670. The molecular formula is C36H47I3N6. The highest BCUT2D eigenvalue weighted by atomic mass is 127. The summed E-state index contributed by atoms with van der Waals surface area (Å²) in [5.41, 5.74) is 10.2. The molecule has 3 N–H and O–H groups in total. The van der Waals surface area contributed by atoms with Crippen molar-refractivity contribution in [2.75, 3.05) is 77.9 Å². The lowest BCUT2D eigenvalue weighted by atomic mass is 9.54. The molecule has 6 aliphatic heterocycles. The van der Waals surface area contributed by atoms with Crippen molar-refractivity contribution in [2.24, 2.45) is 0 Å². The number of fused-ring (bicyclic) bond motifs is 10. The molecule has 0 spiro atoms. The highest BCUT2D eigenvalue weighted by Gasteiger charge is 2.78. The highest BCUT2D eigenvalue weighted by molar-refractivity contribution is 5.77. The van der Waals surface area contributed by atoms with E-state index < -0.39 is 0 Å². The van der Waals surface area contributed by atoms with Gasteiger partial charge in [-0.3, -0.25) is 0 Å². The first-order chi connectivity index (χ1) is 20.0. The van der Waals surface area contributed by atoms with Crippen molar-refractivity contribution in [3.05, 3.63) is 89.0 Å². The molecule has 0 amide bonds. The minimum Gasteiger partial charge on any atom is -1.00 e. The minimum absolute atomic E-state index is 0. The molecule has 9 heteroatoms. The van der Waals surface area contributed by atoms with Gasteiger partial charge in [0.1, 0.15) is 5.41 Å². The standard InChI is InChI=1S/C36H47N6.3HI/c1-40(2)21-18-34(24-12-7-9-16-28(24)37-31(34)40)26-14-11-15-27-30(26)39-33-36(27,20-23-42(33,5)6)35-19-22-41(3,4)32(35)38-29-17-10-8-13-25(29)35;;;/h7-17,31-33,37-39H,18-23H2,1-6H3;3*1H/q+3;;;/p-3/t31-,32+,33-,34-,35-,36+;;;/m1.../s1. The van der Waals surface area contributed by atoms with Gasteiger partial charge >= 0.3 is 0 Å². The van der Waals surface area contributed by atoms with Crippen LogP contribution in [0.2, 0.25) is 0 Å². The van der Waals surface area contributed by atoms with Crippen LogP contribution in [-0.2, 0) is 16.2 Å². The number of hydrogen-bond acceptors (Lipinski definition) is 3. The van der Waals surface area contributed by atoms with E-state index >= 15 is 0 Å². The molecule has 0 aromatic heterocycles. The fraction of sp³-hybridized carbons (Fsp3) is 0.500. The fourth-order valence-electron chi connectivity index (χ4n) is 11.4. The molecule has 242 valence electrons. The first kappa shape index (κ1) is 34.0. The van der Waals surface area contributed by atoms with E-state index in [1.165, 1.54) is 60.7 Å². The number of likely N-dealkylation sites (N-methyl/N-ethyl adjacent to an activating group) is 3. The zero-order valence-electron chi connectivity index (χ0n) is 27.3. The average molecular weight is 945 g/mol. The van der Waals surface area contributed by atoms with Gasteiger partial charge in [0, 0.05) is 36.3 Å². The van der Waals surface area contributed by atoms with Crippen molar-refractivity contribution >= 4 is 17.1 Å². The number of likely N-dealkylation sites (tertiary alicyclic amines) is 3. The highest BCUT2D eigenvalue weighted by Crippen LogP contribution is 2.69. The third-order valence-corrected chi connectivity index (χ3v) is 13.2. The largest absolute Gasteiger partial charge is 1.00 e. The van der Waals surface area contributed by atoms with Crippen LogP contribution in [0, 0.1) is 0 Å². The summed E-state index contributed by atoms with van der Waals surface area (Å²) in [6, 6.07) is 25.9. The predicted octanol–water partition coefficient (Wildman–Crippen LogP) is -4.14. The van der Waals surface area contributed by atoms with Crippen molar-refractivity contribution < 1.29 is 85.4 Å². The second-order valence-electron chi connectivity index (χ2n) is 16.1. The van der Waals surface area contributed by atoms with E-state index in [2.05, 4.69) is 125 Å². The molecule has 6 nitrogen and oxygen atoms in total. The molecule has 0 bridgehead atoms. The van der Waals surface area contributed by atoms with Gasteiger partial charge in [-0.2, -0.15) is 0 Å². The van der Waals surface area contributed by atoms with Crippen molar-refractivity contribution in [2.45, 2.75) is 54.0 Å². The molecule has 0 unspecified atom stereocenters. The second-order valence-corrected chi connectivity index (χ2v) is 16.1. The molecule has 0 aliphatic carbocycles. The zero-order chi connectivity index (χ0) is 28.9. The third-order valence-electron chi connectivity index (χ3n) is 13.2. The molecule has 3 saturated heterocycles. The van der Waals surface area contributed by atoms with E-state index in [1.807, 2.05) is 0 Å². The Morgan fingerprint density at radius 1 is 0.489 bits per heavy atom. The van der Waals surface area contributed by atoms with Gasteiger partial charge in [-0.15, -0.1) is 0 Å². The fourth-order valence-corrected chi connectivity index (χ4v) is 11.4. The van der Waals surface area contributed by atoms with E-state index in [0.29, 0.717) is 18.5 Å². The van der Waals surface area contributed by atoms with Crippen molar-refractivity contribution in [3.8, 4) is 0 Å². The monoisotopic (exact) mass is 944 g/mol. The Kier molecular flexibility index (Phi) is 7.98. The van der Waals surface area contributed by atoms with E-state index in [9.17, 15) is 0 Å². The molecule has 6 atom stereocenters. The van der Waals surface area contributed by atoms with Crippen LogP contribution in [0.1, 0.15) is 41.5 Å². The number of nitrogens with zero attached hydrogens (tertiary/aromatic N) is 3. The van der Waals surface area contributed by atoms with Crippen molar-refractivity contribution in [3.63, 3.8) is 0 Å². The van der Waals surface area contributed by atoms with E-state index in [0.717, 1.165) is 19.9 Å². The summed E-state index contributed by atoms with van der Waals surface area (Å²) in [4.78, 5) is 0. The first-order valence-electron chi connectivity index (χ1n) is 16.1. The summed E-state index contributed by atoms with van der Waals surface area (Å²) < 4.78 is 3.01. The number of quaternary nitrogens is 3. The maximum atomic E-state index is 4.38. The van der Waals surface area contributed by atoms with Crippen LogP contribution in [0.3, 0.4) is 0 Å². The van der Waals surface area contributed by atoms with Gasteiger partial charge in [-0.25, -0.2) is 0 Å². The molecule has 6 heterocycles. The maximum absolute atomic E-state index is 4.38. The van der Waals surface area contributed by atoms with E-state index in [-0.39, 0.29) is 88.2 Å². The number of halogens is 3. The van der Waals surface area contributed by atoms with Gasteiger partial charge in [0.05, 0.1) is 72.8 Å². The second kappa shape index (κ2) is 10.6. The Labute approximate surface area is 320 Å². The van der Waals surface area contributed by atoms with Crippen LogP contribution in [0.25, 0.3) is 0 Å². The number of benzene rings is 3. The lowest BCUT2D eigenvalue weighted by molar-refractivity contribution is -0.906. The van der Waals surface area contributed by atoms with Crippen molar-refractivity contribution in [1.82, 2.24) is 0 Å². The predicted molar refractivity (Wildman–Crippen MR) is 170 cm³/mol. The molecule has 3 fully saturated rings. The Balaban J connectivity index is 0.00000119. The lowest BCUT2D eigenvalue weighted by Gasteiger charge is -2.47. The maximum Gasteiger partial charge on any atom is 0.176 e. The van der Waals surface area contributed by atoms with Gasteiger partial charge in [0.25, 0.3) is 0 Å². The van der Waals surface area contributed by atoms with Gasteiger partial charge in [0.15, 0.2) is 18.5 Å². The molecule has 0 saturated carbocycles. The van der Waals surface area contributed by atoms with Crippen molar-refractivity contribution in [1.29, 1.82) is 0 Å². The third kappa shape index (κ3) is 3.88. The molecular weight excluding hydrogens is 897 g/mol. The zero-order valence-corrected chi connectivity index (χ0v) is 33.8. The molecule has 3 aromatic rings. The average Bonchev–Trinajstić information content (AvgIpc) is 3.76. The van der Waals surface area contributed by atoms with Crippen LogP contribution in [0.15, 0.2) is 66.7 Å². The van der Waals surface area contributed by atoms with Gasteiger partial charge in [0.2, 0.25) is 0 Å². The van der Waals surface area contributed by atoms with Crippen LogP contribution in [0.4, 0.5) is 17.1 Å². The number of hydrogen-bond donors (Lipinski definition) is 3. The summed E-state index contributed by atoms with van der Waals surface area (Å²) in [5, 5.41) is 12.5. The first-order valence-corrected chi connectivity index (χ1v) is 16.1.